The fraction of sp³-hybridized carbons (Fsp3) is 0.353. The molecule has 1 aliphatic heterocycles. The molecule has 0 aliphatic carbocycles. The zero-order valence-corrected chi connectivity index (χ0v) is 12.1. The van der Waals surface area contributed by atoms with Gasteiger partial charge in [0.15, 0.2) is 0 Å². The van der Waals surface area contributed by atoms with E-state index in [0.29, 0.717) is 12.6 Å². The molecule has 0 bridgehead atoms. The first-order valence-electron chi connectivity index (χ1n) is 7.44. The lowest BCUT2D eigenvalue weighted by atomic mass is 10.1. The molecule has 2 N–H and O–H groups in total. The maximum absolute atomic E-state index is 5.96. The topological polar surface area (TPSA) is 51.4 Å². The second-order valence-electron chi connectivity index (χ2n) is 5.43. The van der Waals surface area contributed by atoms with Crippen molar-refractivity contribution in [3.63, 3.8) is 0 Å². The van der Waals surface area contributed by atoms with Crippen LogP contribution in [0.15, 0.2) is 48.7 Å². The second-order valence-corrected chi connectivity index (χ2v) is 5.43. The number of nitrogens with two attached hydrogens (primary N) is 1. The van der Waals surface area contributed by atoms with Gasteiger partial charge in [0.2, 0.25) is 0 Å². The van der Waals surface area contributed by atoms with Crippen LogP contribution in [0.1, 0.15) is 18.5 Å². The van der Waals surface area contributed by atoms with Crippen molar-refractivity contribution < 1.29 is 4.74 Å². The molecule has 0 saturated carbocycles. The first kappa shape index (κ1) is 13.9. The molecule has 0 radical (unpaired) electrons. The molecule has 1 fully saturated rings. The van der Waals surface area contributed by atoms with Crippen molar-refractivity contribution in [1.29, 1.82) is 0 Å². The summed E-state index contributed by atoms with van der Waals surface area (Å²) in [6.07, 6.45) is 3.89. The zero-order chi connectivity index (χ0) is 14.5. The van der Waals surface area contributed by atoms with E-state index in [-0.39, 0.29) is 0 Å². The van der Waals surface area contributed by atoms with Gasteiger partial charge in [-0.05, 0) is 37.1 Å². The van der Waals surface area contributed by atoms with Gasteiger partial charge in [0, 0.05) is 37.1 Å². The summed E-state index contributed by atoms with van der Waals surface area (Å²) in [5.74, 6) is 0.882. The van der Waals surface area contributed by atoms with Gasteiger partial charge in [0.05, 0.1) is 5.69 Å². The van der Waals surface area contributed by atoms with E-state index in [1.165, 1.54) is 5.69 Å². The number of benzene rings is 1. The van der Waals surface area contributed by atoms with Gasteiger partial charge < -0.3 is 15.4 Å². The van der Waals surface area contributed by atoms with Crippen LogP contribution in [0.5, 0.6) is 5.75 Å². The quantitative estimate of drug-likeness (QED) is 0.937. The van der Waals surface area contributed by atoms with Gasteiger partial charge in [-0.15, -0.1) is 0 Å². The van der Waals surface area contributed by atoms with Crippen LogP contribution in [-0.4, -0.2) is 24.1 Å². The lowest BCUT2D eigenvalue weighted by Gasteiger charge is -2.32. The molecule has 4 heteroatoms. The number of rotatable bonds is 4. The van der Waals surface area contributed by atoms with Gasteiger partial charge in [-0.2, -0.15) is 0 Å². The Labute approximate surface area is 125 Å². The Morgan fingerprint density at radius 2 is 2.00 bits per heavy atom. The number of hydrogen-bond acceptors (Lipinski definition) is 4. The highest BCUT2D eigenvalue weighted by molar-refractivity contribution is 5.51. The molecule has 2 heterocycles. The summed E-state index contributed by atoms with van der Waals surface area (Å²) in [4.78, 5) is 6.64. The Hall–Kier alpha value is -2.07. The predicted octanol–water partition coefficient (Wildman–Crippen LogP) is 2.59. The summed E-state index contributed by atoms with van der Waals surface area (Å²) in [6, 6.07) is 14.5. The summed E-state index contributed by atoms with van der Waals surface area (Å²) in [6.45, 7) is 2.53. The van der Waals surface area contributed by atoms with E-state index < -0.39 is 0 Å². The number of anilines is 1. The van der Waals surface area contributed by atoms with E-state index in [0.717, 1.165) is 37.4 Å². The molecule has 110 valence electrons. The monoisotopic (exact) mass is 283 g/mol. The van der Waals surface area contributed by atoms with Crippen molar-refractivity contribution in [2.75, 3.05) is 18.0 Å². The normalized spacial score (nSPS) is 16.0. The lowest BCUT2D eigenvalue weighted by Crippen LogP contribution is -2.39. The fourth-order valence-electron chi connectivity index (χ4n) is 2.57. The van der Waals surface area contributed by atoms with Crippen molar-refractivity contribution in [2.45, 2.75) is 25.5 Å². The van der Waals surface area contributed by atoms with Crippen LogP contribution in [-0.2, 0) is 6.61 Å². The van der Waals surface area contributed by atoms with E-state index in [1.807, 2.05) is 30.3 Å². The molecule has 1 aromatic heterocycles. The summed E-state index contributed by atoms with van der Waals surface area (Å²) >= 11 is 0. The summed E-state index contributed by atoms with van der Waals surface area (Å²) in [7, 11) is 0. The number of piperidine rings is 1. The van der Waals surface area contributed by atoms with Crippen molar-refractivity contribution in [3.05, 3.63) is 54.4 Å². The zero-order valence-electron chi connectivity index (χ0n) is 12.1. The van der Waals surface area contributed by atoms with Gasteiger partial charge in [-0.3, -0.25) is 4.98 Å². The highest BCUT2D eigenvalue weighted by Crippen LogP contribution is 2.24. The minimum atomic E-state index is 0.352. The van der Waals surface area contributed by atoms with Gasteiger partial charge >= 0.3 is 0 Å². The molecule has 2 aromatic rings. The third-order valence-electron chi connectivity index (χ3n) is 3.84. The van der Waals surface area contributed by atoms with Crippen LogP contribution in [0, 0.1) is 0 Å². The maximum atomic E-state index is 5.96. The molecular formula is C17H21N3O. The van der Waals surface area contributed by atoms with Crippen LogP contribution in [0.3, 0.4) is 0 Å². The first-order chi connectivity index (χ1) is 10.3. The Morgan fingerprint density at radius 3 is 2.76 bits per heavy atom. The minimum Gasteiger partial charge on any atom is -0.487 e. The molecule has 21 heavy (non-hydrogen) atoms. The van der Waals surface area contributed by atoms with E-state index in [9.17, 15) is 0 Å². The van der Waals surface area contributed by atoms with Crippen LogP contribution in [0.2, 0.25) is 0 Å². The summed E-state index contributed by atoms with van der Waals surface area (Å²) in [5.41, 5.74) is 8.10. The van der Waals surface area contributed by atoms with Gasteiger partial charge in [-0.25, -0.2) is 0 Å². The highest BCUT2D eigenvalue weighted by Gasteiger charge is 2.16. The van der Waals surface area contributed by atoms with Crippen molar-refractivity contribution in [2.24, 2.45) is 5.73 Å². The molecule has 0 amide bonds. The molecule has 0 unspecified atom stereocenters. The number of pyridine rings is 1. The van der Waals surface area contributed by atoms with Gasteiger partial charge in [-0.1, -0.05) is 12.1 Å². The number of nitrogens with zero attached hydrogens (tertiary/aromatic N) is 2. The molecule has 3 rings (SSSR count). The van der Waals surface area contributed by atoms with Gasteiger partial charge in [0.1, 0.15) is 12.4 Å². The molecule has 4 nitrogen and oxygen atoms in total. The Morgan fingerprint density at radius 1 is 1.14 bits per heavy atom. The standard InChI is InChI=1S/C17H21N3O/c18-14-7-10-20(11-8-14)16-5-3-6-17(12-16)21-13-15-4-1-2-9-19-15/h1-6,9,12,14H,7-8,10-11,13,18H2. The molecule has 1 aromatic carbocycles. The van der Waals surface area contributed by atoms with Crippen LogP contribution in [0.25, 0.3) is 0 Å². The van der Waals surface area contributed by atoms with E-state index in [4.69, 9.17) is 10.5 Å². The van der Waals surface area contributed by atoms with E-state index in [2.05, 4.69) is 22.0 Å². The van der Waals surface area contributed by atoms with Gasteiger partial charge in [0.25, 0.3) is 0 Å². The number of ether oxygens (including phenoxy) is 1. The predicted molar refractivity (Wildman–Crippen MR) is 84.4 cm³/mol. The SMILES string of the molecule is NC1CCN(c2cccc(OCc3ccccn3)c2)CC1. The van der Waals surface area contributed by atoms with E-state index in [1.54, 1.807) is 6.20 Å². The third kappa shape index (κ3) is 3.73. The molecule has 1 aliphatic rings. The molecule has 0 spiro atoms. The largest absolute Gasteiger partial charge is 0.487 e. The van der Waals surface area contributed by atoms with Crippen molar-refractivity contribution >= 4 is 5.69 Å². The Kier molecular flexibility index (Phi) is 4.36. The minimum absolute atomic E-state index is 0.352. The van der Waals surface area contributed by atoms with Crippen LogP contribution in [0.4, 0.5) is 5.69 Å². The number of aromatic nitrogens is 1. The Balaban J connectivity index is 1.63. The average Bonchev–Trinajstić information content (AvgIpc) is 2.55. The van der Waals surface area contributed by atoms with Crippen LogP contribution < -0.4 is 15.4 Å². The molecule has 1 saturated heterocycles. The lowest BCUT2D eigenvalue weighted by molar-refractivity contribution is 0.301. The molecule has 0 atom stereocenters. The summed E-state index contributed by atoms with van der Waals surface area (Å²) < 4.78 is 5.83. The highest BCUT2D eigenvalue weighted by atomic mass is 16.5. The van der Waals surface area contributed by atoms with Crippen molar-refractivity contribution in [1.82, 2.24) is 4.98 Å². The maximum Gasteiger partial charge on any atom is 0.130 e. The number of hydrogen-bond donors (Lipinski definition) is 1. The summed E-state index contributed by atoms with van der Waals surface area (Å²) in [5, 5.41) is 0. The average molecular weight is 283 g/mol. The molecular weight excluding hydrogens is 262 g/mol. The third-order valence-corrected chi connectivity index (χ3v) is 3.84. The van der Waals surface area contributed by atoms with E-state index >= 15 is 0 Å². The van der Waals surface area contributed by atoms with Crippen molar-refractivity contribution in [3.8, 4) is 5.75 Å². The smallest absolute Gasteiger partial charge is 0.130 e. The van der Waals surface area contributed by atoms with Crippen LogP contribution >= 0.6 is 0 Å². The fourth-order valence-corrected chi connectivity index (χ4v) is 2.57. The Bertz CT molecular complexity index is 565. The second kappa shape index (κ2) is 6.59. The first-order valence-corrected chi connectivity index (χ1v) is 7.44.